The molecule has 4 heteroatoms. The number of hydrogen-bond donors (Lipinski definition) is 1. The molecule has 1 aromatic heterocycles. The third-order valence-corrected chi connectivity index (χ3v) is 2.35. The van der Waals surface area contributed by atoms with E-state index in [9.17, 15) is 4.79 Å². The van der Waals surface area contributed by atoms with E-state index in [1.54, 1.807) is 25.6 Å². The standard InChI is InChI=1S/C12H11NO3/c1-16-11-5-8(6-12(14)15)4-9-2-3-13-7-10(9)11/h2-5,7H,6H2,1H3,(H,14,15). The van der Waals surface area contributed by atoms with Crippen molar-refractivity contribution in [3.8, 4) is 5.75 Å². The maximum Gasteiger partial charge on any atom is 0.307 e. The summed E-state index contributed by atoms with van der Waals surface area (Å²) < 4.78 is 5.22. The van der Waals surface area contributed by atoms with Gasteiger partial charge in [-0.15, -0.1) is 0 Å². The number of aromatic nitrogens is 1. The lowest BCUT2D eigenvalue weighted by molar-refractivity contribution is -0.136. The van der Waals surface area contributed by atoms with Gasteiger partial charge in [-0.1, -0.05) is 6.07 Å². The molecule has 0 atom stereocenters. The number of carbonyl (C=O) groups is 1. The lowest BCUT2D eigenvalue weighted by Gasteiger charge is -2.07. The number of nitrogens with zero attached hydrogens (tertiary/aromatic N) is 1. The second kappa shape index (κ2) is 4.18. The minimum atomic E-state index is -0.851. The molecule has 0 radical (unpaired) electrons. The van der Waals surface area contributed by atoms with Crippen LogP contribution in [0, 0.1) is 0 Å². The maximum atomic E-state index is 10.7. The van der Waals surface area contributed by atoms with Gasteiger partial charge in [-0.2, -0.15) is 0 Å². The number of methoxy groups -OCH3 is 1. The van der Waals surface area contributed by atoms with E-state index in [4.69, 9.17) is 9.84 Å². The summed E-state index contributed by atoms with van der Waals surface area (Å²) >= 11 is 0. The van der Waals surface area contributed by atoms with E-state index in [1.807, 2.05) is 12.1 Å². The second-order valence-electron chi connectivity index (χ2n) is 3.47. The van der Waals surface area contributed by atoms with Crippen molar-refractivity contribution < 1.29 is 14.6 Å². The number of carboxylic acid groups (broad SMARTS) is 1. The fraction of sp³-hybridized carbons (Fsp3) is 0.167. The van der Waals surface area contributed by atoms with Crippen LogP contribution in [0.5, 0.6) is 5.75 Å². The molecule has 0 saturated carbocycles. The van der Waals surface area contributed by atoms with Gasteiger partial charge in [0.25, 0.3) is 0 Å². The molecule has 0 bridgehead atoms. The number of ether oxygens (including phenoxy) is 1. The molecule has 16 heavy (non-hydrogen) atoms. The average molecular weight is 217 g/mol. The molecule has 0 saturated heterocycles. The lowest BCUT2D eigenvalue weighted by atomic mass is 10.1. The molecule has 0 amide bonds. The Kier molecular flexibility index (Phi) is 2.72. The molecule has 0 aliphatic heterocycles. The summed E-state index contributed by atoms with van der Waals surface area (Å²) in [5, 5.41) is 10.6. The van der Waals surface area contributed by atoms with Crippen LogP contribution in [0.2, 0.25) is 0 Å². The van der Waals surface area contributed by atoms with Crippen LogP contribution in [0.25, 0.3) is 10.8 Å². The van der Waals surface area contributed by atoms with E-state index in [2.05, 4.69) is 4.98 Å². The first kappa shape index (κ1) is 10.4. The number of carboxylic acids is 1. The summed E-state index contributed by atoms with van der Waals surface area (Å²) in [5.74, 6) is -0.197. The first-order valence-corrected chi connectivity index (χ1v) is 4.83. The van der Waals surface area contributed by atoms with Crippen molar-refractivity contribution in [3.05, 3.63) is 36.2 Å². The minimum absolute atomic E-state index is 0.00533. The largest absolute Gasteiger partial charge is 0.496 e. The third-order valence-electron chi connectivity index (χ3n) is 2.35. The van der Waals surface area contributed by atoms with Crippen molar-refractivity contribution >= 4 is 16.7 Å². The van der Waals surface area contributed by atoms with Gasteiger partial charge in [0, 0.05) is 17.8 Å². The molecule has 0 unspecified atom stereocenters. The Balaban J connectivity index is 2.58. The topological polar surface area (TPSA) is 59.4 Å². The number of rotatable bonds is 3. The van der Waals surface area contributed by atoms with E-state index < -0.39 is 5.97 Å². The minimum Gasteiger partial charge on any atom is -0.496 e. The quantitative estimate of drug-likeness (QED) is 0.852. The molecule has 0 aliphatic rings. The Bertz CT molecular complexity index is 537. The monoisotopic (exact) mass is 217 g/mol. The smallest absolute Gasteiger partial charge is 0.307 e. The van der Waals surface area contributed by atoms with Gasteiger partial charge in [0.2, 0.25) is 0 Å². The average Bonchev–Trinajstić information content (AvgIpc) is 2.27. The molecule has 4 nitrogen and oxygen atoms in total. The van der Waals surface area contributed by atoms with Crippen LogP contribution in [-0.4, -0.2) is 23.2 Å². The van der Waals surface area contributed by atoms with E-state index in [-0.39, 0.29) is 6.42 Å². The van der Waals surface area contributed by atoms with Gasteiger partial charge in [0.1, 0.15) is 5.75 Å². The van der Waals surface area contributed by atoms with Gasteiger partial charge < -0.3 is 9.84 Å². The van der Waals surface area contributed by atoms with Gasteiger partial charge in [-0.25, -0.2) is 0 Å². The highest BCUT2D eigenvalue weighted by Crippen LogP contribution is 2.26. The summed E-state index contributed by atoms with van der Waals surface area (Å²) in [6, 6.07) is 5.41. The Hall–Kier alpha value is -2.10. The maximum absolute atomic E-state index is 10.7. The van der Waals surface area contributed by atoms with Crippen LogP contribution < -0.4 is 4.74 Å². The Morgan fingerprint density at radius 3 is 3.00 bits per heavy atom. The van der Waals surface area contributed by atoms with Crippen molar-refractivity contribution in [2.24, 2.45) is 0 Å². The molecule has 1 heterocycles. The number of pyridine rings is 1. The van der Waals surface area contributed by atoms with Gasteiger partial charge in [-0.05, 0) is 23.1 Å². The molecule has 0 spiro atoms. The number of hydrogen-bond acceptors (Lipinski definition) is 3. The number of fused-ring (bicyclic) bond motifs is 1. The van der Waals surface area contributed by atoms with Gasteiger partial charge >= 0.3 is 5.97 Å². The van der Waals surface area contributed by atoms with Gasteiger partial charge in [-0.3, -0.25) is 9.78 Å². The Labute approximate surface area is 92.5 Å². The highest BCUT2D eigenvalue weighted by atomic mass is 16.5. The first-order valence-electron chi connectivity index (χ1n) is 4.83. The van der Waals surface area contributed by atoms with Crippen molar-refractivity contribution in [1.82, 2.24) is 4.98 Å². The molecule has 0 aliphatic carbocycles. The van der Waals surface area contributed by atoms with Crippen LogP contribution in [0.15, 0.2) is 30.6 Å². The van der Waals surface area contributed by atoms with Crippen molar-refractivity contribution in [1.29, 1.82) is 0 Å². The Morgan fingerprint density at radius 2 is 2.31 bits per heavy atom. The van der Waals surface area contributed by atoms with Crippen LogP contribution >= 0.6 is 0 Å². The zero-order chi connectivity index (χ0) is 11.5. The highest BCUT2D eigenvalue weighted by molar-refractivity contribution is 5.89. The van der Waals surface area contributed by atoms with E-state index in [0.29, 0.717) is 5.75 Å². The molecule has 82 valence electrons. The van der Waals surface area contributed by atoms with E-state index in [0.717, 1.165) is 16.3 Å². The first-order chi connectivity index (χ1) is 7.70. The zero-order valence-corrected chi connectivity index (χ0v) is 8.80. The second-order valence-corrected chi connectivity index (χ2v) is 3.47. The molecular weight excluding hydrogens is 206 g/mol. The van der Waals surface area contributed by atoms with Crippen LogP contribution in [0.3, 0.4) is 0 Å². The van der Waals surface area contributed by atoms with Crippen LogP contribution in [0.1, 0.15) is 5.56 Å². The van der Waals surface area contributed by atoms with Crippen molar-refractivity contribution in [2.45, 2.75) is 6.42 Å². The summed E-state index contributed by atoms with van der Waals surface area (Å²) in [5.41, 5.74) is 0.725. The van der Waals surface area contributed by atoms with Crippen molar-refractivity contribution in [3.63, 3.8) is 0 Å². The fourth-order valence-electron chi connectivity index (χ4n) is 1.67. The number of benzene rings is 1. The van der Waals surface area contributed by atoms with Crippen molar-refractivity contribution in [2.75, 3.05) is 7.11 Å². The molecule has 2 aromatic rings. The summed E-state index contributed by atoms with van der Waals surface area (Å²) in [4.78, 5) is 14.7. The van der Waals surface area contributed by atoms with Gasteiger partial charge in [0.15, 0.2) is 0 Å². The SMILES string of the molecule is COc1cc(CC(=O)O)cc2ccncc12. The van der Waals surface area contributed by atoms with Gasteiger partial charge in [0.05, 0.1) is 13.5 Å². The van der Waals surface area contributed by atoms with Crippen LogP contribution in [-0.2, 0) is 11.2 Å². The molecule has 2 rings (SSSR count). The fourth-order valence-corrected chi connectivity index (χ4v) is 1.67. The molecule has 1 aromatic carbocycles. The van der Waals surface area contributed by atoms with E-state index in [1.165, 1.54) is 0 Å². The normalized spacial score (nSPS) is 10.3. The summed E-state index contributed by atoms with van der Waals surface area (Å²) in [6.45, 7) is 0. The predicted molar refractivity (Wildman–Crippen MR) is 59.6 cm³/mol. The van der Waals surface area contributed by atoms with Crippen LogP contribution in [0.4, 0.5) is 0 Å². The zero-order valence-electron chi connectivity index (χ0n) is 8.80. The Morgan fingerprint density at radius 1 is 1.50 bits per heavy atom. The summed E-state index contributed by atoms with van der Waals surface area (Å²) in [6.07, 6.45) is 3.37. The molecule has 1 N–H and O–H groups in total. The number of aliphatic carboxylic acids is 1. The highest BCUT2D eigenvalue weighted by Gasteiger charge is 2.07. The predicted octanol–water partition coefficient (Wildman–Crippen LogP) is 1.87. The third kappa shape index (κ3) is 1.95. The molecular formula is C12H11NO3. The molecule has 0 fully saturated rings. The van der Waals surface area contributed by atoms with E-state index >= 15 is 0 Å². The summed E-state index contributed by atoms with van der Waals surface area (Å²) in [7, 11) is 1.56. The lowest BCUT2D eigenvalue weighted by Crippen LogP contribution is -2.00.